The van der Waals surface area contributed by atoms with E-state index in [1.165, 1.54) is 19.1 Å². The number of furan rings is 1. The van der Waals surface area contributed by atoms with Crippen molar-refractivity contribution >= 4 is 11.6 Å². The van der Waals surface area contributed by atoms with Gasteiger partial charge in [0.25, 0.3) is 0 Å². The van der Waals surface area contributed by atoms with Crippen LogP contribution in [0.5, 0.6) is 0 Å². The van der Waals surface area contributed by atoms with E-state index in [9.17, 15) is 9.18 Å². The number of rotatable bonds is 1. The van der Waals surface area contributed by atoms with Gasteiger partial charge in [-0.3, -0.25) is 4.79 Å². The maximum Gasteiger partial charge on any atom is 0.224 e. The van der Waals surface area contributed by atoms with Crippen molar-refractivity contribution in [1.82, 2.24) is 0 Å². The molecule has 22 heavy (non-hydrogen) atoms. The minimum atomic E-state index is -0.312. The van der Waals surface area contributed by atoms with Gasteiger partial charge in [-0.05, 0) is 36.8 Å². The smallest absolute Gasteiger partial charge is 0.224 e. The van der Waals surface area contributed by atoms with E-state index < -0.39 is 0 Å². The molecule has 0 unspecified atom stereocenters. The molecule has 2 aromatic rings. The SMILES string of the molecule is CC(=O)N1c2ccc(F)cc2[C@@H]2OCC[C@@H]2[C@H]1c1ccco1. The highest BCUT2D eigenvalue weighted by atomic mass is 19.1. The van der Waals surface area contributed by atoms with Gasteiger partial charge in [0.15, 0.2) is 0 Å². The monoisotopic (exact) mass is 301 g/mol. The highest BCUT2D eigenvalue weighted by Crippen LogP contribution is 2.53. The summed E-state index contributed by atoms with van der Waals surface area (Å²) in [5.74, 6) is 0.419. The van der Waals surface area contributed by atoms with E-state index in [1.54, 1.807) is 17.2 Å². The number of benzene rings is 1. The van der Waals surface area contributed by atoms with Gasteiger partial charge in [0.1, 0.15) is 17.6 Å². The van der Waals surface area contributed by atoms with Crippen molar-refractivity contribution in [2.24, 2.45) is 5.92 Å². The highest BCUT2D eigenvalue weighted by molar-refractivity contribution is 5.94. The van der Waals surface area contributed by atoms with Gasteiger partial charge in [0.05, 0.1) is 18.1 Å². The third kappa shape index (κ3) is 1.89. The fraction of sp³-hybridized carbons (Fsp3) is 0.353. The summed E-state index contributed by atoms with van der Waals surface area (Å²) in [5, 5.41) is 0. The number of carbonyl (C=O) groups excluding carboxylic acids is 1. The summed E-state index contributed by atoms with van der Waals surface area (Å²) in [6.07, 6.45) is 2.23. The van der Waals surface area contributed by atoms with Crippen LogP contribution in [0.2, 0.25) is 0 Å². The quantitative estimate of drug-likeness (QED) is 0.808. The lowest BCUT2D eigenvalue weighted by Crippen LogP contribution is -2.42. The average Bonchev–Trinajstić information content (AvgIpc) is 3.17. The lowest BCUT2D eigenvalue weighted by Gasteiger charge is -2.42. The van der Waals surface area contributed by atoms with Gasteiger partial charge >= 0.3 is 0 Å². The molecule has 4 rings (SSSR count). The van der Waals surface area contributed by atoms with E-state index in [1.807, 2.05) is 12.1 Å². The van der Waals surface area contributed by atoms with E-state index in [0.29, 0.717) is 12.3 Å². The molecule has 0 spiro atoms. The van der Waals surface area contributed by atoms with Crippen molar-refractivity contribution in [3.05, 3.63) is 53.7 Å². The largest absolute Gasteiger partial charge is 0.467 e. The topological polar surface area (TPSA) is 42.7 Å². The number of nitrogens with zero attached hydrogens (tertiary/aromatic N) is 1. The average molecular weight is 301 g/mol. The molecule has 0 N–H and O–H groups in total. The molecule has 0 radical (unpaired) electrons. The third-order valence-electron chi connectivity index (χ3n) is 4.55. The van der Waals surface area contributed by atoms with Gasteiger partial charge in [-0.2, -0.15) is 0 Å². The number of hydrogen-bond acceptors (Lipinski definition) is 3. The predicted octanol–water partition coefficient (Wildman–Crippen LogP) is 3.60. The maximum absolute atomic E-state index is 13.7. The summed E-state index contributed by atoms with van der Waals surface area (Å²) in [4.78, 5) is 14.0. The third-order valence-corrected chi connectivity index (χ3v) is 4.55. The van der Waals surface area contributed by atoms with E-state index >= 15 is 0 Å². The van der Waals surface area contributed by atoms with Crippen LogP contribution in [-0.2, 0) is 9.53 Å². The Labute approximate surface area is 127 Å². The minimum Gasteiger partial charge on any atom is -0.467 e. The van der Waals surface area contributed by atoms with Crippen LogP contribution in [0, 0.1) is 11.7 Å². The zero-order valence-electron chi connectivity index (χ0n) is 12.2. The molecular weight excluding hydrogens is 285 g/mol. The molecule has 5 heteroatoms. The maximum atomic E-state index is 13.7. The van der Waals surface area contributed by atoms with Gasteiger partial charge < -0.3 is 14.1 Å². The zero-order valence-corrected chi connectivity index (χ0v) is 12.2. The molecule has 1 amide bonds. The van der Waals surface area contributed by atoms with Crippen molar-refractivity contribution in [3.8, 4) is 0 Å². The van der Waals surface area contributed by atoms with Gasteiger partial charge in [0.2, 0.25) is 5.91 Å². The summed E-state index contributed by atoms with van der Waals surface area (Å²) in [6, 6.07) is 8.00. The second-order valence-corrected chi connectivity index (χ2v) is 5.80. The normalized spacial score (nSPS) is 26.6. The van der Waals surface area contributed by atoms with E-state index in [-0.39, 0.29) is 29.8 Å². The molecular formula is C17H16FNO3. The Morgan fingerprint density at radius 2 is 2.23 bits per heavy atom. The molecule has 4 nitrogen and oxygen atoms in total. The fourth-order valence-electron chi connectivity index (χ4n) is 3.73. The molecule has 0 aliphatic carbocycles. The Balaban J connectivity index is 1.92. The molecule has 1 aromatic heterocycles. The van der Waals surface area contributed by atoms with E-state index in [0.717, 1.165) is 17.7 Å². The molecule has 0 saturated carbocycles. The van der Waals surface area contributed by atoms with Crippen LogP contribution in [0.4, 0.5) is 10.1 Å². The lowest BCUT2D eigenvalue weighted by atomic mass is 9.81. The molecule has 0 bridgehead atoms. The Morgan fingerprint density at radius 3 is 2.95 bits per heavy atom. The second-order valence-electron chi connectivity index (χ2n) is 5.80. The summed E-state index contributed by atoms with van der Waals surface area (Å²) in [5.41, 5.74) is 1.46. The summed E-state index contributed by atoms with van der Waals surface area (Å²) >= 11 is 0. The second kappa shape index (κ2) is 4.95. The number of anilines is 1. The Kier molecular flexibility index (Phi) is 3.04. The predicted molar refractivity (Wildman–Crippen MR) is 77.8 cm³/mol. The van der Waals surface area contributed by atoms with Crippen LogP contribution in [-0.4, -0.2) is 12.5 Å². The summed E-state index contributed by atoms with van der Waals surface area (Å²) in [7, 11) is 0. The first-order valence-corrected chi connectivity index (χ1v) is 7.41. The van der Waals surface area contributed by atoms with Crippen molar-refractivity contribution in [2.45, 2.75) is 25.5 Å². The van der Waals surface area contributed by atoms with E-state index in [4.69, 9.17) is 9.15 Å². The van der Waals surface area contributed by atoms with E-state index in [2.05, 4.69) is 0 Å². The van der Waals surface area contributed by atoms with Crippen molar-refractivity contribution in [3.63, 3.8) is 0 Å². The van der Waals surface area contributed by atoms with Gasteiger partial charge in [0, 0.05) is 25.0 Å². The van der Waals surface area contributed by atoms with Gasteiger partial charge in [-0.1, -0.05) is 0 Å². The molecule has 1 aromatic carbocycles. The number of fused-ring (bicyclic) bond motifs is 3. The van der Waals surface area contributed by atoms with Crippen LogP contribution in [0.3, 0.4) is 0 Å². The van der Waals surface area contributed by atoms with Crippen LogP contribution in [0.1, 0.15) is 36.8 Å². The molecule has 1 fully saturated rings. The van der Waals surface area contributed by atoms with Crippen molar-refractivity contribution < 1.29 is 18.3 Å². The molecule has 1 saturated heterocycles. The van der Waals surface area contributed by atoms with Crippen LogP contribution >= 0.6 is 0 Å². The van der Waals surface area contributed by atoms with Crippen molar-refractivity contribution in [1.29, 1.82) is 0 Å². The molecule has 3 atom stereocenters. The Morgan fingerprint density at radius 1 is 1.36 bits per heavy atom. The molecule has 2 aliphatic rings. The van der Waals surface area contributed by atoms with Crippen molar-refractivity contribution in [2.75, 3.05) is 11.5 Å². The number of hydrogen-bond donors (Lipinski definition) is 0. The number of halogens is 1. The number of carbonyl (C=O) groups is 1. The van der Waals surface area contributed by atoms with Gasteiger partial charge in [-0.15, -0.1) is 0 Å². The first-order chi connectivity index (χ1) is 10.7. The first kappa shape index (κ1) is 13.5. The zero-order chi connectivity index (χ0) is 15.3. The molecule has 114 valence electrons. The summed E-state index contributed by atoms with van der Waals surface area (Å²) < 4.78 is 25.1. The summed E-state index contributed by atoms with van der Waals surface area (Å²) in [6.45, 7) is 2.13. The Bertz CT molecular complexity index is 713. The van der Waals surface area contributed by atoms with Crippen LogP contribution in [0.25, 0.3) is 0 Å². The molecule has 3 heterocycles. The van der Waals surface area contributed by atoms with Crippen LogP contribution < -0.4 is 4.90 Å². The highest BCUT2D eigenvalue weighted by Gasteiger charge is 2.47. The Hall–Kier alpha value is -2.14. The molecule has 2 aliphatic heterocycles. The lowest BCUT2D eigenvalue weighted by molar-refractivity contribution is -0.117. The van der Waals surface area contributed by atoms with Gasteiger partial charge in [-0.25, -0.2) is 4.39 Å². The number of amides is 1. The fourth-order valence-corrected chi connectivity index (χ4v) is 3.73. The number of ether oxygens (including phenoxy) is 1. The van der Waals surface area contributed by atoms with Crippen LogP contribution in [0.15, 0.2) is 41.0 Å². The standard InChI is InChI=1S/C17H16FNO3/c1-10(20)19-14-5-4-11(18)9-13(14)17-12(6-8-22-17)16(19)15-3-2-7-21-15/h2-5,7,9,12,16-17H,6,8H2,1H3/t12-,16+,17-/m1/s1. The first-order valence-electron chi connectivity index (χ1n) is 7.41. The minimum absolute atomic E-state index is 0.0735.